The second kappa shape index (κ2) is 7.04. The lowest BCUT2D eigenvalue weighted by molar-refractivity contribution is 0.102. The van der Waals surface area contributed by atoms with Crippen molar-refractivity contribution < 1.29 is 13.2 Å². The number of hydrogen-bond acceptors (Lipinski definition) is 3. The first-order valence-corrected chi connectivity index (χ1v) is 8.55. The van der Waals surface area contributed by atoms with Crippen molar-refractivity contribution in [3.05, 3.63) is 34.3 Å². The van der Waals surface area contributed by atoms with E-state index in [-0.39, 0.29) is 11.5 Å². The molecule has 0 amide bonds. The van der Waals surface area contributed by atoms with Crippen LogP contribution in [0.3, 0.4) is 0 Å². The van der Waals surface area contributed by atoms with E-state index in [1.807, 2.05) is 6.92 Å². The lowest BCUT2D eigenvalue weighted by Gasteiger charge is -2.04. The number of unbranched alkanes of at least 4 members (excludes halogenated alkanes) is 2. The second-order valence-electron chi connectivity index (χ2n) is 4.23. The fourth-order valence-electron chi connectivity index (χ4n) is 1.59. The van der Waals surface area contributed by atoms with Gasteiger partial charge in [0.15, 0.2) is 15.6 Å². The monoisotopic (exact) mass is 332 g/mol. The van der Waals surface area contributed by atoms with E-state index in [0.29, 0.717) is 12.0 Å². The molecule has 1 rings (SSSR count). The summed E-state index contributed by atoms with van der Waals surface area (Å²) in [6.07, 6.45) is 2.48. The van der Waals surface area contributed by atoms with Gasteiger partial charge in [-0.15, -0.1) is 0 Å². The van der Waals surface area contributed by atoms with Gasteiger partial charge in [0.05, 0.1) is 5.75 Å². The van der Waals surface area contributed by atoms with Crippen molar-refractivity contribution in [2.45, 2.75) is 26.2 Å². The average Bonchev–Trinajstić information content (AvgIpc) is 2.28. The number of sulfone groups is 1. The third-order valence-electron chi connectivity index (χ3n) is 2.56. The highest BCUT2D eigenvalue weighted by Gasteiger charge is 2.17. The van der Waals surface area contributed by atoms with Crippen molar-refractivity contribution in [2.24, 2.45) is 0 Å². The van der Waals surface area contributed by atoms with E-state index in [9.17, 15) is 13.2 Å². The quantitative estimate of drug-likeness (QED) is 0.569. The topological polar surface area (TPSA) is 51.2 Å². The Labute approximate surface area is 117 Å². The molecule has 0 saturated carbocycles. The van der Waals surface area contributed by atoms with E-state index in [0.717, 1.165) is 17.3 Å². The van der Waals surface area contributed by atoms with E-state index in [4.69, 9.17) is 0 Å². The number of ketones is 1. The summed E-state index contributed by atoms with van der Waals surface area (Å²) in [4.78, 5) is 11.8. The van der Waals surface area contributed by atoms with E-state index < -0.39 is 15.6 Å². The summed E-state index contributed by atoms with van der Waals surface area (Å²) in [7, 11) is -3.28. The van der Waals surface area contributed by atoms with Crippen LogP contribution < -0.4 is 0 Å². The van der Waals surface area contributed by atoms with Crippen molar-refractivity contribution >= 4 is 31.6 Å². The normalized spacial score (nSPS) is 11.4. The van der Waals surface area contributed by atoms with E-state index in [2.05, 4.69) is 15.9 Å². The van der Waals surface area contributed by atoms with Crippen LogP contribution in [-0.4, -0.2) is 25.7 Å². The van der Waals surface area contributed by atoms with Gasteiger partial charge in [-0.25, -0.2) is 8.42 Å². The Bertz CT molecular complexity index is 509. The van der Waals surface area contributed by atoms with Gasteiger partial charge in [0.25, 0.3) is 0 Å². The van der Waals surface area contributed by atoms with Crippen molar-refractivity contribution in [3.8, 4) is 0 Å². The SMILES string of the molecule is CCCCCS(=O)(=O)CC(=O)c1cccc(Br)c1. The summed E-state index contributed by atoms with van der Waals surface area (Å²) in [5, 5.41) is 0. The molecule has 5 heteroatoms. The van der Waals surface area contributed by atoms with Crippen molar-refractivity contribution in [1.29, 1.82) is 0 Å². The van der Waals surface area contributed by atoms with E-state index >= 15 is 0 Å². The molecule has 0 spiro atoms. The Balaban J connectivity index is 2.64. The molecule has 0 aliphatic carbocycles. The molecule has 0 N–H and O–H groups in total. The first-order valence-electron chi connectivity index (χ1n) is 5.94. The Morgan fingerprint density at radius 1 is 1.28 bits per heavy atom. The molecule has 1 aromatic rings. The van der Waals surface area contributed by atoms with Crippen LogP contribution in [0, 0.1) is 0 Å². The average molecular weight is 333 g/mol. The fraction of sp³-hybridized carbons (Fsp3) is 0.462. The number of carbonyl (C=O) groups excluding carboxylic acids is 1. The van der Waals surface area contributed by atoms with Gasteiger partial charge >= 0.3 is 0 Å². The van der Waals surface area contributed by atoms with Crippen molar-refractivity contribution in [2.75, 3.05) is 11.5 Å². The van der Waals surface area contributed by atoms with Crippen molar-refractivity contribution in [3.63, 3.8) is 0 Å². The van der Waals surface area contributed by atoms with Crippen LogP contribution in [-0.2, 0) is 9.84 Å². The van der Waals surface area contributed by atoms with Gasteiger partial charge in [-0.3, -0.25) is 4.79 Å². The minimum Gasteiger partial charge on any atom is -0.293 e. The minimum atomic E-state index is -3.28. The van der Waals surface area contributed by atoms with Gasteiger partial charge in [0.1, 0.15) is 5.75 Å². The minimum absolute atomic E-state index is 0.0978. The predicted octanol–water partition coefficient (Wildman–Crippen LogP) is 3.24. The molecule has 0 radical (unpaired) electrons. The standard InChI is InChI=1S/C13H17BrO3S/c1-2-3-4-8-18(16,17)10-13(15)11-6-5-7-12(14)9-11/h5-7,9H,2-4,8,10H2,1H3. The van der Waals surface area contributed by atoms with Gasteiger partial charge < -0.3 is 0 Å². The van der Waals surface area contributed by atoms with Crippen LogP contribution in [0.2, 0.25) is 0 Å². The lowest BCUT2D eigenvalue weighted by Crippen LogP contribution is -2.19. The fourth-order valence-corrected chi connectivity index (χ4v) is 3.34. The largest absolute Gasteiger partial charge is 0.293 e. The van der Waals surface area contributed by atoms with Crippen LogP contribution in [0.15, 0.2) is 28.7 Å². The van der Waals surface area contributed by atoms with Crippen LogP contribution in [0.1, 0.15) is 36.5 Å². The Morgan fingerprint density at radius 3 is 2.61 bits per heavy atom. The first-order chi connectivity index (χ1) is 8.44. The summed E-state index contributed by atoms with van der Waals surface area (Å²) < 4.78 is 24.3. The van der Waals surface area contributed by atoms with Crippen LogP contribution in [0.4, 0.5) is 0 Å². The molecule has 0 aliphatic rings. The molecule has 0 saturated heterocycles. The van der Waals surface area contributed by atoms with E-state index in [1.54, 1.807) is 24.3 Å². The predicted molar refractivity (Wildman–Crippen MR) is 76.7 cm³/mol. The maximum absolute atomic E-state index is 11.8. The molecule has 0 atom stereocenters. The zero-order valence-corrected chi connectivity index (χ0v) is 12.8. The number of Topliss-reactive ketones (excluding diaryl/α,β-unsaturated/α-hetero) is 1. The van der Waals surface area contributed by atoms with Crippen LogP contribution in [0.25, 0.3) is 0 Å². The molecule has 100 valence electrons. The number of carbonyl (C=O) groups is 1. The lowest BCUT2D eigenvalue weighted by atomic mass is 10.2. The Kier molecular flexibility index (Phi) is 6.02. The number of benzene rings is 1. The molecule has 0 aliphatic heterocycles. The summed E-state index contributed by atoms with van der Waals surface area (Å²) in [5.74, 6) is -0.638. The molecule has 18 heavy (non-hydrogen) atoms. The molecular formula is C13H17BrO3S. The smallest absolute Gasteiger partial charge is 0.177 e. The molecule has 0 unspecified atom stereocenters. The van der Waals surface area contributed by atoms with Gasteiger partial charge in [-0.2, -0.15) is 0 Å². The Morgan fingerprint density at radius 2 is 2.00 bits per heavy atom. The third-order valence-corrected chi connectivity index (χ3v) is 4.66. The molecular weight excluding hydrogens is 316 g/mol. The van der Waals surface area contributed by atoms with Gasteiger partial charge in [0, 0.05) is 10.0 Å². The maximum Gasteiger partial charge on any atom is 0.177 e. The first kappa shape index (κ1) is 15.4. The Hall–Kier alpha value is -0.680. The highest BCUT2D eigenvalue weighted by Crippen LogP contribution is 2.13. The summed E-state index contributed by atoms with van der Waals surface area (Å²) in [6, 6.07) is 6.80. The van der Waals surface area contributed by atoms with Crippen molar-refractivity contribution in [1.82, 2.24) is 0 Å². The van der Waals surface area contributed by atoms with Gasteiger partial charge in [-0.1, -0.05) is 47.8 Å². The van der Waals surface area contributed by atoms with Crippen LogP contribution in [0.5, 0.6) is 0 Å². The summed E-state index contributed by atoms with van der Waals surface area (Å²) in [6.45, 7) is 2.01. The highest BCUT2D eigenvalue weighted by molar-refractivity contribution is 9.10. The van der Waals surface area contributed by atoms with Gasteiger partial charge in [0.2, 0.25) is 0 Å². The summed E-state index contributed by atoms with van der Waals surface area (Å²) in [5.41, 5.74) is 0.434. The molecule has 3 nitrogen and oxygen atoms in total. The number of rotatable bonds is 7. The van der Waals surface area contributed by atoms with E-state index in [1.165, 1.54) is 0 Å². The van der Waals surface area contributed by atoms with Crippen LogP contribution >= 0.6 is 15.9 Å². The molecule has 0 fully saturated rings. The molecule has 1 aromatic carbocycles. The molecule has 0 aromatic heterocycles. The molecule has 0 heterocycles. The summed E-state index contributed by atoms with van der Waals surface area (Å²) >= 11 is 3.26. The number of hydrogen-bond donors (Lipinski definition) is 0. The zero-order valence-electron chi connectivity index (χ0n) is 10.4. The second-order valence-corrected chi connectivity index (χ2v) is 7.33. The third kappa shape index (κ3) is 5.31. The zero-order chi connectivity index (χ0) is 13.6. The molecule has 0 bridgehead atoms. The number of halogens is 1. The maximum atomic E-state index is 11.8. The highest BCUT2D eigenvalue weighted by atomic mass is 79.9. The van der Waals surface area contributed by atoms with Gasteiger partial charge in [-0.05, 0) is 18.6 Å².